The average molecular weight is 273 g/mol. The predicted octanol–water partition coefficient (Wildman–Crippen LogP) is 3.46. The molecule has 20 heavy (non-hydrogen) atoms. The highest BCUT2D eigenvalue weighted by atomic mass is 16.3. The minimum Gasteiger partial charge on any atom is -0.460 e. The molecule has 1 aromatic carbocycles. The van der Waals surface area contributed by atoms with Gasteiger partial charge in [-0.15, -0.1) is 0 Å². The second-order valence-electron chi connectivity index (χ2n) is 6.28. The van der Waals surface area contributed by atoms with Crippen molar-refractivity contribution < 1.29 is 9.52 Å². The zero-order valence-corrected chi connectivity index (χ0v) is 12.1. The normalized spacial score (nSPS) is 27.0. The lowest BCUT2D eigenvalue weighted by molar-refractivity contribution is -0.0121. The van der Waals surface area contributed by atoms with E-state index in [0.717, 1.165) is 36.0 Å². The molecule has 1 fully saturated rings. The molecule has 0 aliphatic heterocycles. The van der Waals surface area contributed by atoms with Crippen LogP contribution in [0.5, 0.6) is 0 Å². The zero-order valence-electron chi connectivity index (χ0n) is 12.1. The van der Waals surface area contributed by atoms with Crippen LogP contribution in [0, 0.1) is 5.92 Å². The van der Waals surface area contributed by atoms with E-state index in [4.69, 9.17) is 4.42 Å². The number of para-hydroxylation sites is 1. The van der Waals surface area contributed by atoms with Crippen molar-refractivity contribution in [2.24, 2.45) is 5.92 Å². The van der Waals surface area contributed by atoms with Crippen molar-refractivity contribution in [2.45, 2.75) is 44.8 Å². The maximum atomic E-state index is 10.6. The molecule has 2 unspecified atom stereocenters. The lowest BCUT2D eigenvalue weighted by atomic mass is 9.79. The van der Waals surface area contributed by atoms with Gasteiger partial charge in [0.25, 0.3) is 0 Å². The summed E-state index contributed by atoms with van der Waals surface area (Å²) in [5.41, 5.74) is 0.387. The number of rotatable bonds is 4. The predicted molar refractivity (Wildman–Crippen MR) is 80.5 cm³/mol. The van der Waals surface area contributed by atoms with Gasteiger partial charge in [-0.25, -0.2) is 0 Å². The first kappa shape index (κ1) is 13.7. The maximum Gasteiger partial charge on any atom is 0.134 e. The largest absolute Gasteiger partial charge is 0.460 e. The number of aliphatic hydroxyl groups is 1. The fraction of sp³-hybridized carbons (Fsp3) is 0.529. The standard InChI is InChI=1S/C17H23NO2/c1-13-5-4-8-17(19,10-13)12-18-11-15-9-14-6-2-3-7-16(14)20-15/h2-3,6-7,9,13,18-19H,4-5,8,10-12H2,1H3. The van der Waals surface area contributed by atoms with E-state index in [0.29, 0.717) is 19.0 Å². The van der Waals surface area contributed by atoms with Gasteiger partial charge in [-0.05, 0) is 30.9 Å². The minimum atomic E-state index is -0.538. The van der Waals surface area contributed by atoms with E-state index in [1.807, 2.05) is 18.2 Å². The Morgan fingerprint density at radius 2 is 2.25 bits per heavy atom. The Labute approximate surface area is 120 Å². The van der Waals surface area contributed by atoms with Gasteiger partial charge in [-0.1, -0.05) is 38.0 Å². The van der Waals surface area contributed by atoms with Crippen molar-refractivity contribution in [3.8, 4) is 0 Å². The van der Waals surface area contributed by atoms with Crippen LogP contribution in [0.3, 0.4) is 0 Å². The lowest BCUT2D eigenvalue weighted by Gasteiger charge is -2.35. The molecule has 0 radical (unpaired) electrons. The number of nitrogens with one attached hydrogen (secondary N) is 1. The van der Waals surface area contributed by atoms with Crippen LogP contribution in [0.15, 0.2) is 34.7 Å². The first-order chi connectivity index (χ1) is 9.65. The van der Waals surface area contributed by atoms with Crippen LogP contribution < -0.4 is 5.32 Å². The number of hydrogen-bond acceptors (Lipinski definition) is 3. The molecule has 0 bridgehead atoms. The molecule has 2 aromatic rings. The molecule has 0 saturated heterocycles. The summed E-state index contributed by atoms with van der Waals surface area (Å²) in [5, 5.41) is 15.0. The highest BCUT2D eigenvalue weighted by molar-refractivity contribution is 5.77. The number of hydrogen-bond donors (Lipinski definition) is 2. The molecule has 2 atom stereocenters. The van der Waals surface area contributed by atoms with E-state index in [1.54, 1.807) is 0 Å². The number of fused-ring (bicyclic) bond motifs is 1. The first-order valence-corrected chi connectivity index (χ1v) is 7.55. The van der Waals surface area contributed by atoms with Gasteiger partial charge in [-0.3, -0.25) is 0 Å². The Kier molecular flexibility index (Phi) is 3.81. The molecule has 1 aromatic heterocycles. The molecule has 1 aliphatic carbocycles. The van der Waals surface area contributed by atoms with E-state index < -0.39 is 5.60 Å². The van der Waals surface area contributed by atoms with Crippen LogP contribution in [-0.2, 0) is 6.54 Å². The molecular formula is C17H23NO2. The summed E-state index contributed by atoms with van der Waals surface area (Å²) >= 11 is 0. The van der Waals surface area contributed by atoms with Crippen LogP contribution in [0.1, 0.15) is 38.4 Å². The van der Waals surface area contributed by atoms with Gasteiger partial charge >= 0.3 is 0 Å². The minimum absolute atomic E-state index is 0.538. The van der Waals surface area contributed by atoms with Gasteiger partial charge < -0.3 is 14.8 Å². The van der Waals surface area contributed by atoms with Crippen LogP contribution >= 0.6 is 0 Å². The van der Waals surface area contributed by atoms with E-state index in [9.17, 15) is 5.11 Å². The summed E-state index contributed by atoms with van der Waals surface area (Å²) in [6, 6.07) is 10.1. The van der Waals surface area contributed by atoms with Crippen molar-refractivity contribution >= 4 is 11.0 Å². The summed E-state index contributed by atoms with van der Waals surface area (Å²) < 4.78 is 5.77. The van der Waals surface area contributed by atoms with Crippen molar-refractivity contribution in [1.29, 1.82) is 0 Å². The lowest BCUT2D eigenvalue weighted by Crippen LogP contribution is -2.43. The van der Waals surface area contributed by atoms with Crippen molar-refractivity contribution in [1.82, 2.24) is 5.32 Å². The molecule has 3 nitrogen and oxygen atoms in total. The number of furan rings is 1. The van der Waals surface area contributed by atoms with Crippen molar-refractivity contribution in [2.75, 3.05) is 6.54 Å². The summed E-state index contributed by atoms with van der Waals surface area (Å²) in [5.74, 6) is 1.56. The Bertz CT molecular complexity index is 544. The third-order valence-electron chi connectivity index (χ3n) is 4.30. The van der Waals surface area contributed by atoms with Crippen molar-refractivity contribution in [3.63, 3.8) is 0 Å². The zero-order chi connectivity index (χ0) is 14.0. The second-order valence-corrected chi connectivity index (χ2v) is 6.28. The van der Waals surface area contributed by atoms with Crippen molar-refractivity contribution in [3.05, 3.63) is 36.1 Å². The van der Waals surface area contributed by atoms with Gasteiger partial charge in [0.15, 0.2) is 0 Å². The first-order valence-electron chi connectivity index (χ1n) is 7.55. The molecule has 0 spiro atoms. The third kappa shape index (κ3) is 3.05. The van der Waals surface area contributed by atoms with Gasteiger partial charge in [-0.2, -0.15) is 0 Å². The Morgan fingerprint density at radius 3 is 3.05 bits per heavy atom. The summed E-state index contributed by atoms with van der Waals surface area (Å²) in [6.07, 6.45) is 4.18. The highest BCUT2D eigenvalue weighted by Crippen LogP contribution is 2.31. The molecule has 108 valence electrons. The quantitative estimate of drug-likeness (QED) is 0.896. The maximum absolute atomic E-state index is 10.6. The second kappa shape index (κ2) is 5.58. The summed E-state index contributed by atoms with van der Waals surface area (Å²) in [4.78, 5) is 0. The molecule has 0 amide bonds. The average Bonchev–Trinajstić information content (AvgIpc) is 2.80. The molecule has 3 rings (SSSR count). The molecule has 1 saturated carbocycles. The molecule has 2 N–H and O–H groups in total. The molecule has 3 heteroatoms. The highest BCUT2D eigenvalue weighted by Gasteiger charge is 2.32. The Hall–Kier alpha value is -1.32. The Balaban J connectivity index is 1.56. The summed E-state index contributed by atoms with van der Waals surface area (Å²) in [6.45, 7) is 3.54. The fourth-order valence-corrected chi connectivity index (χ4v) is 3.34. The van der Waals surface area contributed by atoms with Gasteiger partial charge in [0.1, 0.15) is 11.3 Å². The molecule has 1 heterocycles. The summed E-state index contributed by atoms with van der Waals surface area (Å²) in [7, 11) is 0. The van der Waals surface area contributed by atoms with Crippen LogP contribution in [-0.4, -0.2) is 17.3 Å². The van der Waals surface area contributed by atoms with E-state index in [-0.39, 0.29) is 0 Å². The topological polar surface area (TPSA) is 45.4 Å². The van der Waals surface area contributed by atoms with E-state index in [2.05, 4.69) is 24.4 Å². The van der Waals surface area contributed by atoms with Gasteiger partial charge in [0.05, 0.1) is 12.1 Å². The molecular weight excluding hydrogens is 250 g/mol. The SMILES string of the molecule is CC1CCCC(O)(CNCc2cc3ccccc3o2)C1. The number of benzene rings is 1. The van der Waals surface area contributed by atoms with Crippen LogP contribution in [0.2, 0.25) is 0 Å². The van der Waals surface area contributed by atoms with Crippen LogP contribution in [0.25, 0.3) is 11.0 Å². The van der Waals surface area contributed by atoms with Gasteiger partial charge in [0, 0.05) is 11.9 Å². The Morgan fingerprint density at radius 1 is 1.40 bits per heavy atom. The van der Waals surface area contributed by atoms with Gasteiger partial charge in [0.2, 0.25) is 0 Å². The third-order valence-corrected chi connectivity index (χ3v) is 4.30. The van der Waals surface area contributed by atoms with Crippen LogP contribution in [0.4, 0.5) is 0 Å². The smallest absolute Gasteiger partial charge is 0.134 e. The van der Waals surface area contributed by atoms with E-state index >= 15 is 0 Å². The fourth-order valence-electron chi connectivity index (χ4n) is 3.34. The van der Waals surface area contributed by atoms with E-state index in [1.165, 1.54) is 6.42 Å². The molecule has 1 aliphatic rings. The monoisotopic (exact) mass is 273 g/mol.